The second-order valence-corrected chi connectivity index (χ2v) is 4.47. The lowest BCUT2D eigenvalue weighted by atomic mass is 10.2. The van der Waals surface area contributed by atoms with Crippen LogP contribution in [0.1, 0.15) is 11.1 Å². The van der Waals surface area contributed by atoms with E-state index in [9.17, 15) is 13.2 Å². The number of hydrogen-bond acceptors (Lipinski definition) is 4. The smallest absolute Gasteiger partial charge is 0.277 e. The van der Waals surface area contributed by atoms with Gasteiger partial charge in [-0.3, -0.25) is 5.43 Å². The molecule has 2 aromatic rings. The van der Waals surface area contributed by atoms with Crippen LogP contribution in [0.15, 0.2) is 48.1 Å². The number of nitrogens with one attached hydrogen (secondary N) is 1. The van der Waals surface area contributed by atoms with E-state index in [4.69, 9.17) is 0 Å². The summed E-state index contributed by atoms with van der Waals surface area (Å²) in [6.45, 7) is 0. The van der Waals surface area contributed by atoms with Gasteiger partial charge in [0.15, 0.2) is 0 Å². The van der Waals surface area contributed by atoms with Gasteiger partial charge in [0.1, 0.15) is 10.9 Å². The lowest BCUT2D eigenvalue weighted by Gasteiger charge is -2.08. The van der Waals surface area contributed by atoms with E-state index in [0.29, 0.717) is 10.2 Å². The number of anilines is 1. The van der Waals surface area contributed by atoms with Crippen LogP contribution >= 0.6 is 15.9 Å². The summed E-state index contributed by atoms with van der Waals surface area (Å²) in [6.07, 6.45) is 0.0265. The van der Waals surface area contributed by atoms with E-state index in [1.807, 2.05) is 0 Å². The molecule has 0 spiro atoms. The molecule has 1 N–H and O–H groups in total. The van der Waals surface area contributed by atoms with Crippen molar-refractivity contribution in [3.8, 4) is 0 Å². The van der Waals surface area contributed by atoms with Gasteiger partial charge in [0.2, 0.25) is 0 Å². The topological polar surface area (TPSA) is 50.2 Å². The third-order valence-corrected chi connectivity index (χ3v) is 2.91. The minimum atomic E-state index is -4.38. The van der Waals surface area contributed by atoms with Crippen LogP contribution in [-0.2, 0) is 6.18 Å². The van der Waals surface area contributed by atoms with E-state index >= 15 is 0 Å². The fourth-order valence-corrected chi connectivity index (χ4v) is 1.64. The Morgan fingerprint density at radius 2 is 1.90 bits per heavy atom. The highest BCUT2D eigenvalue weighted by Crippen LogP contribution is 2.30. The van der Waals surface area contributed by atoms with Crippen molar-refractivity contribution in [1.29, 1.82) is 0 Å². The molecule has 20 heavy (non-hydrogen) atoms. The fraction of sp³-hybridized carbons (Fsp3) is 0.0833. The molecule has 1 aromatic carbocycles. The molecule has 0 aliphatic rings. The van der Waals surface area contributed by atoms with Crippen LogP contribution in [0.3, 0.4) is 0 Å². The molecule has 0 radical (unpaired) electrons. The van der Waals surface area contributed by atoms with Crippen LogP contribution in [0.4, 0.5) is 18.9 Å². The number of hydrazone groups is 1. The Morgan fingerprint density at radius 3 is 2.55 bits per heavy atom. The third-order valence-electron chi connectivity index (χ3n) is 2.27. The van der Waals surface area contributed by atoms with Crippen LogP contribution in [0.25, 0.3) is 0 Å². The zero-order valence-corrected chi connectivity index (χ0v) is 11.5. The molecule has 1 aromatic heterocycles. The monoisotopic (exact) mass is 344 g/mol. The first-order valence-electron chi connectivity index (χ1n) is 5.38. The summed E-state index contributed by atoms with van der Waals surface area (Å²) < 4.78 is 38.0. The van der Waals surface area contributed by atoms with Crippen molar-refractivity contribution in [3.63, 3.8) is 0 Å². The first-order valence-corrected chi connectivity index (χ1v) is 6.18. The van der Waals surface area contributed by atoms with E-state index < -0.39 is 11.7 Å². The molecule has 1 heterocycles. The highest BCUT2D eigenvalue weighted by Gasteiger charge is 2.30. The average Bonchev–Trinajstić information content (AvgIpc) is 2.45. The highest BCUT2D eigenvalue weighted by molar-refractivity contribution is 9.18. The Hall–Kier alpha value is -1.96. The first-order chi connectivity index (χ1) is 9.47. The predicted molar refractivity (Wildman–Crippen MR) is 72.6 cm³/mol. The lowest BCUT2D eigenvalue weighted by molar-refractivity contribution is -0.137. The Morgan fingerprint density at radius 1 is 1.20 bits per heavy atom. The third kappa shape index (κ3) is 3.77. The predicted octanol–water partition coefficient (Wildman–Crippen LogP) is 3.66. The summed E-state index contributed by atoms with van der Waals surface area (Å²) in [6, 6.07) is 4.76. The van der Waals surface area contributed by atoms with E-state index in [0.717, 1.165) is 12.1 Å². The molecule has 0 fully saturated rings. The van der Waals surface area contributed by atoms with Crippen LogP contribution in [0.2, 0.25) is 0 Å². The van der Waals surface area contributed by atoms with Crippen LogP contribution in [0, 0.1) is 0 Å². The van der Waals surface area contributed by atoms with Gasteiger partial charge in [0.05, 0.1) is 11.3 Å². The van der Waals surface area contributed by atoms with Gasteiger partial charge in [0, 0.05) is 18.0 Å². The molecule has 8 heteroatoms. The van der Waals surface area contributed by atoms with Crippen molar-refractivity contribution < 1.29 is 13.2 Å². The summed E-state index contributed by atoms with van der Waals surface area (Å²) in [5.74, 6) is 0. The molecular formula is C12H8BrF3N4. The Labute approximate surface area is 120 Å². The van der Waals surface area contributed by atoms with Crippen molar-refractivity contribution in [2.45, 2.75) is 6.18 Å². The van der Waals surface area contributed by atoms with Gasteiger partial charge in [-0.2, -0.15) is 18.3 Å². The molecule has 0 atom stereocenters. The Balaban J connectivity index is 2.15. The number of hydrogen-bond donors (Lipinski definition) is 1. The number of rotatable bonds is 3. The highest BCUT2D eigenvalue weighted by atomic mass is 79.9. The molecule has 0 unspecified atom stereocenters. The summed E-state index contributed by atoms with van der Waals surface area (Å²) in [5.41, 5.74) is 2.64. The van der Waals surface area contributed by atoms with Gasteiger partial charge < -0.3 is 0 Å². The maximum Gasteiger partial charge on any atom is 0.416 e. The van der Waals surface area contributed by atoms with Gasteiger partial charge >= 0.3 is 6.18 Å². The van der Waals surface area contributed by atoms with Crippen molar-refractivity contribution in [2.75, 3.05) is 5.43 Å². The molecule has 104 valence electrons. The second-order valence-electron chi connectivity index (χ2n) is 3.72. The van der Waals surface area contributed by atoms with Crippen molar-refractivity contribution >= 4 is 26.2 Å². The maximum absolute atomic E-state index is 12.5. The van der Waals surface area contributed by atoms with Crippen LogP contribution < -0.4 is 5.43 Å². The van der Waals surface area contributed by atoms with Crippen molar-refractivity contribution in [1.82, 2.24) is 9.97 Å². The van der Waals surface area contributed by atoms with Gasteiger partial charge in [-0.25, -0.2) is 9.97 Å². The number of alkyl halides is 3. The largest absolute Gasteiger partial charge is 0.416 e. The van der Waals surface area contributed by atoms with E-state index in [2.05, 4.69) is 36.4 Å². The van der Waals surface area contributed by atoms with Crippen molar-refractivity contribution in [3.05, 3.63) is 54.1 Å². The summed E-state index contributed by atoms with van der Waals surface area (Å²) in [5, 5.41) is 3.92. The first kappa shape index (κ1) is 14.4. The van der Waals surface area contributed by atoms with Crippen LogP contribution in [-0.4, -0.2) is 14.6 Å². The zero-order chi connectivity index (χ0) is 14.6. The zero-order valence-electron chi connectivity index (χ0n) is 9.89. The molecule has 0 amide bonds. The minimum absolute atomic E-state index is 0.230. The van der Waals surface area contributed by atoms with E-state index in [-0.39, 0.29) is 5.69 Å². The summed E-state index contributed by atoms with van der Waals surface area (Å²) >= 11 is 3.19. The molecule has 0 saturated carbocycles. The average molecular weight is 345 g/mol. The maximum atomic E-state index is 12.5. The molecule has 2 rings (SSSR count). The van der Waals surface area contributed by atoms with Crippen molar-refractivity contribution in [2.24, 2.45) is 5.10 Å². The Bertz CT molecular complexity index is 614. The number of aromatic nitrogens is 2. The molecule has 0 aliphatic heterocycles. The van der Waals surface area contributed by atoms with Gasteiger partial charge in [0.25, 0.3) is 0 Å². The number of nitrogens with zero attached hydrogens (tertiary/aromatic N) is 3. The lowest BCUT2D eigenvalue weighted by Crippen LogP contribution is -2.05. The fourth-order valence-electron chi connectivity index (χ4n) is 1.35. The SMILES string of the molecule is FC(F)(F)c1cccc(NN=C(Br)c2cncnc2)c1. The number of halogens is 4. The van der Waals surface area contributed by atoms with Gasteiger partial charge in [-0.15, -0.1) is 0 Å². The van der Waals surface area contributed by atoms with Crippen LogP contribution in [0.5, 0.6) is 0 Å². The van der Waals surface area contributed by atoms with E-state index in [1.165, 1.54) is 30.9 Å². The number of benzene rings is 1. The molecule has 0 saturated heterocycles. The Kier molecular flexibility index (Phi) is 4.33. The van der Waals surface area contributed by atoms with Gasteiger partial charge in [-0.1, -0.05) is 6.07 Å². The molecule has 4 nitrogen and oxygen atoms in total. The standard InChI is InChI=1S/C12H8BrF3N4/c13-11(8-5-17-7-18-6-8)20-19-10-3-1-2-9(4-10)12(14,15)16/h1-7,19H. The van der Waals surface area contributed by atoms with E-state index in [1.54, 1.807) is 0 Å². The molecule has 0 aliphatic carbocycles. The van der Waals surface area contributed by atoms with Gasteiger partial charge in [-0.05, 0) is 34.1 Å². The summed E-state index contributed by atoms with van der Waals surface area (Å²) in [4.78, 5) is 7.62. The minimum Gasteiger partial charge on any atom is -0.277 e. The molecular weight excluding hydrogens is 337 g/mol. The normalized spacial score (nSPS) is 12.3. The second kappa shape index (κ2) is 6.00. The summed E-state index contributed by atoms with van der Waals surface area (Å²) in [7, 11) is 0. The molecule has 0 bridgehead atoms. The quantitative estimate of drug-likeness (QED) is 0.682.